The number of thiophene rings is 1. The Morgan fingerprint density at radius 3 is 2.35 bits per heavy atom. The number of aryl methyl sites for hydroxylation is 2. The zero-order valence-corrected chi connectivity index (χ0v) is 12.3. The molecule has 1 aromatic carbocycles. The average Bonchev–Trinajstić information content (AvgIpc) is 2.62. The van der Waals surface area contributed by atoms with E-state index >= 15 is 0 Å². The molecule has 2 rings (SSSR count). The monoisotopic (exact) mass is 310 g/mol. The lowest BCUT2D eigenvalue weighted by Crippen LogP contribution is -2.01. The predicted octanol–water partition coefficient (Wildman–Crippen LogP) is 4.40. The lowest BCUT2D eigenvalue weighted by molar-refractivity contribution is 0.179. The molecule has 3 heteroatoms. The minimum Gasteiger partial charge on any atom is -0.388 e. The van der Waals surface area contributed by atoms with Gasteiger partial charge in [0.2, 0.25) is 0 Å². The molecule has 0 saturated carbocycles. The molecular weight excluding hydrogens is 296 g/mol. The third kappa shape index (κ3) is 3.41. The highest BCUT2D eigenvalue weighted by molar-refractivity contribution is 9.11. The quantitative estimate of drug-likeness (QED) is 0.890. The van der Waals surface area contributed by atoms with E-state index in [1.54, 1.807) is 11.3 Å². The fraction of sp³-hybridized carbons (Fsp3) is 0.286. The summed E-state index contributed by atoms with van der Waals surface area (Å²) in [5.74, 6) is 0. The molecule has 0 radical (unpaired) electrons. The second-order valence-corrected chi connectivity index (χ2v) is 6.89. The maximum absolute atomic E-state index is 10.2. The van der Waals surface area contributed by atoms with Gasteiger partial charge >= 0.3 is 0 Å². The molecule has 1 unspecified atom stereocenters. The highest BCUT2D eigenvalue weighted by Gasteiger charge is 2.10. The van der Waals surface area contributed by atoms with Gasteiger partial charge in [0.15, 0.2) is 0 Å². The van der Waals surface area contributed by atoms with Crippen molar-refractivity contribution in [2.24, 2.45) is 0 Å². The summed E-state index contributed by atoms with van der Waals surface area (Å²) in [5.41, 5.74) is 3.41. The first-order valence-corrected chi connectivity index (χ1v) is 7.16. The number of aliphatic hydroxyl groups is 1. The summed E-state index contributed by atoms with van der Waals surface area (Å²) in [6.07, 6.45) is 0.262. The number of halogens is 1. The number of hydrogen-bond acceptors (Lipinski definition) is 2. The Hall–Kier alpha value is -0.640. The largest absolute Gasteiger partial charge is 0.388 e. The summed E-state index contributed by atoms with van der Waals surface area (Å²) < 4.78 is 1.11. The second kappa shape index (κ2) is 5.34. The van der Waals surface area contributed by atoms with Crippen LogP contribution in [-0.2, 0) is 6.42 Å². The van der Waals surface area contributed by atoms with Gasteiger partial charge in [0.05, 0.1) is 9.89 Å². The summed E-state index contributed by atoms with van der Waals surface area (Å²) in [5, 5.41) is 10.2. The van der Waals surface area contributed by atoms with Crippen molar-refractivity contribution in [2.45, 2.75) is 26.4 Å². The number of hydrogen-bond donors (Lipinski definition) is 1. The normalized spacial score (nSPS) is 12.7. The van der Waals surface area contributed by atoms with Crippen LogP contribution in [0.3, 0.4) is 0 Å². The molecule has 17 heavy (non-hydrogen) atoms. The minimum atomic E-state index is -0.417. The lowest BCUT2D eigenvalue weighted by atomic mass is 10.0. The van der Waals surface area contributed by atoms with E-state index in [1.165, 1.54) is 16.0 Å². The van der Waals surface area contributed by atoms with E-state index in [4.69, 9.17) is 0 Å². The van der Waals surface area contributed by atoms with Crippen molar-refractivity contribution in [1.29, 1.82) is 0 Å². The van der Waals surface area contributed by atoms with Crippen LogP contribution in [0.1, 0.15) is 27.7 Å². The molecule has 0 aliphatic rings. The number of benzene rings is 1. The molecule has 0 saturated heterocycles. The van der Waals surface area contributed by atoms with Crippen molar-refractivity contribution in [2.75, 3.05) is 0 Å². The first kappa shape index (κ1) is 12.8. The molecule has 0 aliphatic carbocycles. The van der Waals surface area contributed by atoms with Crippen molar-refractivity contribution < 1.29 is 5.11 Å². The van der Waals surface area contributed by atoms with Gasteiger partial charge in [-0.1, -0.05) is 29.3 Å². The average molecular weight is 311 g/mol. The smallest absolute Gasteiger partial charge is 0.0838 e. The Labute approximate surface area is 114 Å². The van der Waals surface area contributed by atoms with Crippen LogP contribution in [0.5, 0.6) is 0 Å². The maximum atomic E-state index is 10.2. The summed E-state index contributed by atoms with van der Waals surface area (Å²) in [6, 6.07) is 10.3. The van der Waals surface area contributed by atoms with E-state index in [2.05, 4.69) is 54.0 Å². The Morgan fingerprint density at radius 1 is 1.18 bits per heavy atom. The standard InChI is InChI=1S/C14H15BrOS/c1-9-5-10(2)7-11(6-9)13(16)8-12-3-4-14(15)17-12/h3-7,13,16H,8H2,1-2H3. The van der Waals surface area contributed by atoms with E-state index in [0.717, 1.165) is 9.35 Å². The molecule has 0 spiro atoms. The van der Waals surface area contributed by atoms with Gasteiger partial charge in [-0.05, 0) is 47.5 Å². The summed E-state index contributed by atoms with van der Waals surface area (Å²) in [6.45, 7) is 4.12. The third-order valence-electron chi connectivity index (χ3n) is 2.65. The SMILES string of the molecule is Cc1cc(C)cc(C(O)Cc2ccc(Br)s2)c1. The third-order valence-corrected chi connectivity index (χ3v) is 4.30. The summed E-state index contributed by atoms with van der Waals surface area (Å²) in [7, 11) is 0. The predicted molar refractivity (Wildman–Crippen MR) is 76.6 cm³/mol. The van der Waals surface area contributed by atoms with Crippen LogP contribution in [0.25, 0.3) is 0 Å². The minimum absolute atomic E-state index is 0.417. The van der Waals surface area contributed by atoms with E-state index in [-0.39, 0.29) is 0 Å². The van der Waals surface area contributed by atoms with E-state index in [1.807, 2.05) is 6.07 Å². The molecule has 1 N–H and O–H groups in total. The molecule has 2 aromatic rings. The summed E-state index contributed by atoms with van der Waals surface area (Å²) >= 11 is 5.11. The van der Waals surface area contributed by atoms with Gasteiger partial charge in [0, 0.05) is 11.3 Å². The van der Waals surface area contributed by atoms with E-state index in [0.29, 0.717) is 6.42 Å². The van der Waals surface area contributed by atoms with E-state index < -0.39 is 6.10 Å². The molecule has 0 aliphatic heterocycles. The highest BCUT2D eigenvalue weighted by Crippen LogP contribution is 2.27. The Morgan fingerprint density at radius 2 is 1.82 bits per heavy atom. The fourth-order valence-corrected chi connectivity index (χ4v) is 3.49. The van der Waals surface area contributed by atoms with Crippen molar-refractivity contribution in [3.8, 4) is 0 Å². The first-order chi connectivity index (χ1) is 8.04. The zero-order valence-electron chi connectivity index (χ0n) is 9.90. The fourth-order valence-electron chi connectivity index (χ4n) is 1.97. The van der Waals surface area contributed by atoms with Crippen LogP contribution in [0.2, 0.25) is 0 Å². The maximum Gasteiger partial charge on any atom is 0.0838 e. The highest BCUT2D eigenvalue weighted by atomic mass is 79.9. The molecule has 1 aromatic heterocycles. The van der Waals surface area contributed by atoms with Gasteiger partial charge in [-0.3, -0.25) is 0 Å². The molecule has 90 valence electrons. The number of rotatable bonds is 3. The Bertz CT molecular complexity index is 498. The summed E-state index contributed by atoms with van der Waals surface area (Å²) in [4.78, 5) is 1.20. The van der Waals surface area contributed by atoms with Crippen molar-refractivity contribution in [3.63, 3.8) is 0 Å². The van der Waals surface area contributed by atoms with Crippen molar-refractivity contribution in [3.05, 3.63) is 55.7 Å². The Balaban J connectivity index is 2.16. The molecule has 1 nitrogen and oxygen atoms in total. The second-order valence-electron chi connectivity index (χ2n) is 4.35. The van der Waals surface area contributed by atoms with Gasteiger partial charge in [-0.2, -0.15) is 0 Å². The Kier molecular flexibility index (Phi) is 4.02. The van der Waals surface area contributed by atoms with Crippen LogP contribution >= 0.6 is 27.3 Å². The molecular formula is C14H15BrOS. The molecule has 0 amide bonds. The van der Waals surface area contributed by atoms with Gasteiger partial charge in [-0.15, -0.1) is 11.3 Å². The van der Waals surface area contributed by atoms with Crippen molar-refractivity contribution in [1.82, 2.24) is 0 Å². The molecule has 0 bridgehead atoms. The lowest BCUT2D eigenvalue weighted by Gasteiger charge is -2.11. The number of aliphatic hydroxyl groups excluding tert-OH is 1. The first-order valence-electron chi connectivity index (χ1n) is 5.55. The molecule has 1 atom stereocenters. The van der Waals surface area contributed by atoms with Crippen LogP contribution in [0.15, 0.2) is 34.1 Å². The van der Waals surface area contributed by atoms with Crippen LogP contribution in [-0.4, -0.2) is 5.11 Å². The van der Waals surface area contributed by atoms with Gasteiger partial charge in [-0.25, -0.2) is 0 Å². The van der Waals surface area contributed by atoms with Crippen LogP contribution in [0.4, 0.5) is 0 Å². The van der Waals surface area contributed by atoms with Crippen LogP contribution in [0, 0.1) is 13.8 Å². The topological polar surface area (TPSA) is 20.2 Å². The van der Waals surface area contributed by atoms with Gasteiger partial charge in [0.25, 0.3) is 0 Å². The molecule has 0 fully saturated rings. The van der Waals surface area contributed by atoms with Gasteiger partial charge < -0.3 is 5.11 Å². The molecule has 1 heterocycles. The van der Waals surface area contributed by atoms with Crippen molar-refractivity contribution >= 4 is 27.3 Å². The van der Waals surface area contributed by atoms with Gasteiger partial charge in [0.1, 0.15) is 0 Å². The van der Waals surface area contributed by atoms with E-state index in [9.17, 15) is 5.11 Å². The van der Waals surface area contributed by atoms with Crippen LogP contribution < -0.4 is 0 Å². The zero-order chi connectivity index (χ0) is 12.4.